The zero-order chi connectivity index (χ0) is 12.3. The molecule has 0 aromatic carbocycles. The largest absolute Gasteiger partial charge is 0.354 e. The van der Waals surface area contributed by atoms with Crippen molar-refractivity contribution in [3.63, 3.8) is 0 Å². The lowest BCUT2D eigenvalue weighted by Crippen LogP contribution is -2.29. The number of hydrogen-bond donors (Lipinski definition) is 2. The lowest BCUT2D eigenvalue weighted by Gasteiger charge is -2.20. The van der Waals surface area contributed by atoms with Crippen LogP contribution >= 0.6 is 0 Å². The molecule has 1 fully saturated rings. The second kappa shape index (κ2) is 5.14. The number of amides is 1. The van der Waals surface area contributed by atoms with Crippen LogP contribution in [0.4, 0.5) is 5.82 Å². The van der Waals surface area contributed by atoms with Crippen LogP contribution in [0.25, 0.3) is 0 Å². The average molecular weight is 234 g/mol. The third-order valence-corrected chi connectivity index (χ3v) is 2.93. The van der Waals surface area contributed by atoms with Gasteiger partial charge in [0.15, 0.2) is 0 Å². The van der Waals surface area contributed by atoms with Gasteiger partial charge >= 0.3 is 0 Å². The third kappa shape index (κ3) is 2.94. The second-order valence-electron chi connectivity index (χ2n) is 4.33. The minimum absolute atomic E-state index is 0.00364. The molecule has 1 saturated heterocycles. The highest BCUT2D eigenvalue weighted by Crippen LogP contribution is 2.15. The van der Waals surface area contributed by atoms with E-state index in [9.17, 15) is 4.79 Å². The summed E-state index contributed by atoms with van der Waals surface area (Å²) in [5.41, 5.74) is 6.80. The number of hydrogen-bond acceptors (Lipinski definition) is 4. The van der Waals surface area contributed by atoms with Crippen LogP contribution in [-0.4, -0.2) is 30.5 Å². The minimum Gasteiger partial charge on any atom is -0.354 e. The Morgan fingerprint density at radius 1 is 1.47 bits per heavy atom. The number of nitrogens with two attached hydrogens (primary N) is 1. The van der Waals surface area contributed by atoms with Crippen LogP contribution in [0.3, 0.4) is 0 Å². The molecule has 2 heterocycles. The maximum atomic E-state index is 11.2. The average Bonchev–Trinajstić information content (AvgIpc) is 2.54. The quantitative estimate of drug-likeness (QED) is 0.778. The van der Waals surface area contributed by atoms with Crippen molar-refractivity contribution in [3.8, 4) is 0 Å². The normalized spacial score (nSPS) is 18.5. The van der Waals surface area contributed by atoms with Crippen LogP contribution in [0.15, 0.2) is 18.3 Å². The van der Waals surface area contributed by atoms with Gasteiger partial charge in [0.1, 0.15) is 5.82 Å². The summed E-state index contributed by atoms with van der Waals surface area (Å²) in [7, 11) is 0. The molecule has 1 unspecified atom stereocenters. The molecule has 1 aliphatic rings. The van der Waals surface area contributed by atoms with Crippen LogP contribution in [-0.2, 0) is 4.79 Å². The smallest absolute Gasteiger partial charge is 0.221 e. The van der Waals surface area contributed by atoms with E-state index in [0.29, 0.717) is 13.0 Å². The molecule has 1 aromatic rings. The highest BCUT2D eigenvalue weighted by molar-refractivity contribution is 5.77. The van der Waals surface area contributed by atoms with Gasteiger partial charge in [0.05, 0.1) is 0 Å². The molecule has 2 rings (SSSR count). The van der Waals surface area contributed by atoms with E-state index in [1.54, 1.807) is 6.20 Å². The number of nitrogens with zero attached hydrogens (tertiary/aromatic N) is 2. The van der Waals surface area contributed by atoms with E-state index in [1.165, 1.54) is 0 Å². The van der Waals surface area contributed by atoms with E-state index in [0.717, 1.165) is 24.5 Å². The summed E-state index contributed by atoms with van der Waals surface area (Å²) in [5.74, 6) is 1.02. The zero-order valence-corrected chi connectivity index (χ0v) is 10.0. The van der Waals surface area contributed by atoms with Crippen LogP contribution in [0.5, 0.6) is 0 Å². The summed E-state index contributed by atoms with van der Waals surface area (Å²) in [6, 6.07) is 3.96. The van der Waals surface area contributed by atoms with E-state index >= 15 is 0 Å². The number of aromatic nitrogens is 1. The highest BCUT2D eigenvalue weighted by atomic mass is 16.1. The first-order valence-corrected chi connectivity index (χ1v) is 5.90. The zero-order valence-electron chi connectivity index (χ0n) is 10.0. The second-order valence-corrected chi connectivity index (χ2v) is 4.33. The van der Waals surface area contributed by atoms with Gasteiger partial charge in [-0.05, 0) is 18.6 Å². The molecule has 1 aliphatic heterocycles. The summed E-state index contributed by atoms with van der Waals surface area (Å²) in [6.07, 6.45) is 2.33. The fourth-order valence-electron chi connectivity index (χ4n) is 1.85. The Hall–Kier alpha value is -1.62. The number of pyridine rings is 1. The number of rotatable bonds is 2. The van der Waals surface area contributed by atoms with Crippen molar-refractivity contribution >= 4 is 11.7 Å². The molecule has 5 heteroatoms. The lowest BCUT2D eigenvalue weighted by atomic mass is 10.1. The molecule has 0 radical (unpaired) electrons. The van der Waals surface area contributed by atoms with Crippen LogP contribution in [0, 0.1) is 0 Å². The first-order chi connectivity index (χ1) is 8.16. The Morgan fingerprint density at radius 3 is 2.94 bits per heavy atom. The first kappa shape index (κ1) is 11.9. The summed E-state index contributed by atoms with van der Waals surface area (Å²) >= 11 is 0. The molecule has 3 N–H and O–H groups in total. The molecule has 1 atom stereocenters. The highest BCUT2D eigenvalue weighted by Gasteiger charge is 2.14. The fourth-order valence-corrected chi connectivity index (χ4v) is 1.85. The maximum absolute atomic E-state index is 11.2. The molecule has 0 saturated carbocycles. The SMILES string of the molecule is CC(N)c1ccc(N2CCNC(=O)CC2)nc1. The lowest BCUT2D eigenvalue weighted by molar-refractivity contribution is -0.120. The van der Waals surface area contributed by atoms with Crippen LogP contribution in [0.1, 0.15) is 24.9 Å². The molecule has 1 aromatic heterocycles. The molecule has 92 valence electrons. The Kier molecular flexibility index (Phi) is 3.58. The van der Waals surface area contributed by atoms with E-state index in [2.05, 4.69) is 15.2 Å². The summed E-state index contributed by atoms with van der Waals surface area (Å²) in [4.78, 5) is 17.7. The Balaban J connectivity index is 2.08. The molecular formula is C12H18N4O. The van der Waals surface area contributed by atoms with Crippen molar-refractivity contribution in [3.05, 3.63) is 23.9 Å². The molecular weight excluding hydrogens is 216 g/mol. The van der Waals surface area contributed by atoms with Gasteiger partial charge in [0, 0.05) is 38.3 Å². The molecule has 0 spiro atoms. The Bertz CT molecular complexity index is 388. The van der Waals surface area contributed by atoms with Gasteiger partial charge < -0.3 is 16.0 Å². The number of anilines is 1. The molecule has 0 aliphatic carbocycles. The van der Waals surface area contributed by atoms with Gasteiger partial charge in [-0.2, -0.15) is 0 Å². The number of carbonyl (C=O) groups excluding carboxylic acids is 1. The maximum Gasteiger partial charge on any atom is 0.221 e. The van der Waals surface area contributed by atoms with Crippen molar-refractivity contribution in [2.45, 2.75) is 19.4 Å². The number of carbonyl (C=O) groups is 1. The first-order valence-electron chi connectivity index (χ1n) is 5.90. The molecule has 1 amide bonds. The van der Waals surface area contributed by atoms with Gasteiger partial charge in [0.25, 0.3) is 0 Å². The summed E-state index contributed by atoms with van der Waals surface area (Å²) < 4.78 is 0. The molecule has 0 bridgehead atoms. The third-order valence-electron chi connectivity index (χ3n) is 2.93. The van der Waals surface area contributed by atoms with Crippen LogP contribution in [0.2, 0.25) is 0 Å². The fraction of sp³-hybridized carbons (Fsp3) is 0.500. The summed E-state index contributed by atoms with van der Waals surface area (Å²) in [5, 5.41) is 2.85. The van der Waals surface area contributed by atoms with Gasteiger partial charge in [-0.3, -0.25) is 4.79 Å². The van der Waals surface area contributed by atoms with Gasteiger partial charge in [-0.25, -0.2) is 4.98 Å². The minimum atomic E-state index is 0.00364. The van der Waals surface area contributed by atoms with Gasteiger partial charge in [0.2, 0.25) is 5.91 Å². The van der Waals surface area contributed by atoms with Gasteiger partial charge in [-0.1, -0.05) is 6.07 Å². The summed E-state index contributed by atoms with van der Waals surface area (Å²) in [6.45, 7) is 4.13. The predicted octanol–water partition coefficient (Wildman–Crippen LogP) is 0.428. The topological polar surface area (TPSA) is 71.2 Å². The Labute approximate surface area is 101 Å². The predicted molar refractivity (Wildman–Crippen MR) is 66.7 cm³/mol. The van der Waals surface area contributed by atoms with E-state index < -0.39 is 0 Å². The van der Waals surface area contributed by atoms with Crippen molar-refractivity contribution in [2.75, 3.05) is 24.5 Å². The van der Waals surface area contributed by atoms with Crippen molar-refractivity contribution in [1.82, 2.24) is 10.3 Å². The number of nitrogens with one attached hydrogen (secondary N) is 1. The van der Waals surface area contributed by atoms with E-state index in [-0.39, 0.29) is 11.9 Å². The Morgan fingerprint density at radius 2 is 2.29 bits per heavy atom. The van der Waals surface area contributed by atoms with Crippen molar-refractivity contribution in [1.29, 1.82) is 0 Å². The molecule has 17 heavy (non-hydrogen) atoms. The standard InChI is InChI=1S/C12H18N4O/c1-9(13)10-2-3-11(15-8-10)16-6-4-12(17)14-5-7-16/h2-3,8-9H,4-7,13H2,1H3,(H,14,17). The van der Waals surface area contributed by atoms with Crippen molar-refractivity contribution < 1.29 is 4.79 Å². The van der Waals surface area contributed by atoms with E-state index in [4.69, 9.17) is 5.73 Å². The van der Waals surface area contributed by atoms with Gasteiger partial charge in [-0.15, -0.1) is 0 Å². The van der Waals surface area contributed by atoms with Crippen molar-refractivity contribution in [2.24, 2.45) is 5.73 Å². The van der Waals surface area contributed by atoms with E-state index in [1.807, 2.05) is 19.1 Å². The molecule has 5 nitrogen and oxygen atoms in total. The van der Waals surface area contributed by atoms with Crippen LogP contribution < -0.4 is 16.0 Å². The monoisotopic (exact) mass is 234 g/mol.